The first-order valence-electron chi connectivity index (χ1n) is 5.73. The van der Waals surface area contributed by atoms with Crippen molar-refractivity contribution in [1.82, 2.24) is 4.98 Å². The maximum atomic E-state index is 11.4. The monoisotopic (exact) mass is 272 g/mol. The van der Waals surface area contributed by atoms with Gasteiger partial charge in [0.2, 0.25) is 0 Å². The molecule has 7 nitrogen and oxygen atoms in total. The minimum absolute atomic E-state index is 0.0362. The number of primary amides is 1. The fraction of sp³-hybridized carbons (Fsp3) is 0.0769. The number of carbonyl (C=O) groups is 1. The predicted octanol–water partition coefficient (Wildman–Crippen LogP) is 1.86. The number of rotatable bonds is 4. The fourth-order valence-electron chi connectivity index (χ4n) is 1.79. The van der Waals surface area contributed by atoms with Gasteiger partial charge in [-0.3, -0.25) is 14.9 Å². The number of benzene rings is 1. The van der Waals surface area contributed by atoms with Gasteiger partial charge in [-0.05, 0) is 18.2 Å². The number of nitro groups is 1. The molecule has 2 rings (SSSR count). The quantitative estimate of drug-likeness (QED) is 0.676. The van der Waals surface area contributed by atoms with Crippen molar-refractivity contribution >= 4 is 23.1 Å². The van der Waals surface area contributed by atoms with E-state index in [1.54, 1.807) is 36.2 Å². The highest BCUT2D eigenvalue weighted by molar-refractivity contribution is 5.98. The van der Waals surface area contributed by atoms with Crippen LogP contribution in [0.3, 0.4) is 0 Å². The van der Waals surface area contributed by atoms with E-state index in [-0.39, 0.29) is 11.3 Å². The topological polar surface area (TPSA) is 102 Å². The third-order valence-electron chi connectivity index (χ3n) is 2.80. The van der Waals surface area contributed by atoms with Crippen LogP contribution < -0.4 is 10.6 Å². The van der Waals surface area contributed by atoms with Gasteiger partial charge >= 0.3 is 0 Å². The highest BCUT2D eigenvalue weighted by Gasteiger charge is 2.16. The summed E-state index contributed by atoms with van der Waals surface area (Å²) in [7, 11) is 1.66. The Balaban J connectivity index is 2.46. The highest BCUT2D eigenvalue weighted by Crippen LogP contribution is 2.27. The molecule has 1 heterocycles. The lowest BCUT2D eigenvalue weighted by Gasteiger charge is -2.19. The average Bonchev–Trinajstić information content (AvgIpc) is 2.46. The van der Waals surface area contributed by atoms with Crippen LogP contribution in [0.4, 0.5) is 17.2 Å². The zero-order valence-electron chi connectivity index (χ0n) is 10.7. The van der Waals surface area contributed by atoms with Crippen LogP contribution in [0.15, 0.2) is 42.6 Å². The molecular weight excluding hydrogens is 260 g/mol. The summed E-state index contributed by atoms with van der Waals surface area (Å²) in [5.74, 6) is -0.258. The number of aromatic nitrogens is 1. The van der Waals surface area contributed by atoms with Crippen LogP contribution in [0.1, 0.15) is 10.4 Å². The Labute approximate surface area is 114 Å². The summed E-state index contributed by atoms with van der Waals surface area (Å²) in [4.78, 5) is 27.4. The second-order valence-corrected chi connectivity index (χ2v) is 4.07. The number of anilines is 2. The minimum atomic E-state index is -0.606. The van der Waals surface area contributed by atoms with Crippen molar-refractivity contribution in [3.63, 3.8) is 0 Å². The summed E-state index contributed by atoms with van der Waals surface area (Å²) in [6.45, 7) is 0. The van der Waals surface area contributed by atoms with E-state index < -0.39 is 10.8 Å². The molecule has 0 unspecified atom stereocenters. The van der Waals surface area contributed by atoms with Crippen molar-refractivity contribution in [2.75, 3.05) is 11.9 Å². The summed E-state index contributed by atoms with van der Waals surface area (Å²) in [6.07, 6.45) is 1.52. The molecule has 7 heteroatoms. The Morgan fingerprint density at radius 1 is 1.35 bits per heavy atom. The number of pyridine rings is 1. The van der Waals surface area contributed by atoms with E-state index >= 15 is 0 Å². The van der Waals surface area contributed by atoms with Gasteiger partial charge < -0.3 is 10.6 Å². The Morgan fingerprint density at radius 3 is 2.75 bits per heavy atom. The average molecular weight is 272 g/mol. The maximum Gasteiger partial charge on any atom is 0.271 e. The molecule has 0 saturated heterocycles. The van der Waals surface area contributed by atoms with Crippen LogP contribution >= 0.6 is 0 Å². The van der Waals surface area contributed by atoms with Crippen LogP contribution in [0.25, 0.3) is 0 Å². The van der Waals surface area contributed by atoms with E-state index in [1.165, 1.54) is 18.3 Å². The van der Waals surface area contributed by atoms with Crippen molar-refractivity contribution in [3.8, 4) is 0 Å². The van der Waals surface area contributed by atoms with Crippen molar-refractivity contribution in [2.45, 2.75) is 0 Å². The number of nitrogens with zero attached hydrogens (tertiary/aromatic N) is 3. The molecule has 2 aromatic rings. The van der Waals surface area contributed by atoms with Gasteiger partial charge in [-0.2, -0.15) is 0 Å². The number of nitrogens with two attached hydrogens (primary N) is 1. The lowest BCUT2D eigenvalue weighted by atomic mass is 10.2. The van der Waals surface area contributed by atoms with E-state index in [9.17, 15) is 14.9 Å². The first-order valence-corrected chi connectivity index (χ1v) is 5.73. The molecule has 0 spiro atoms. The Bertz CT molecular complexity index is 672. The first-order chi connectivity index (χ1) is 9.50. The van der Waals surface area contributed by atoms with Gasteiger partial charge in [0.05, 0.1) is 10.5 Å². The summed E-state index contributed by atoms with van der Waals surface area (Å²) >= 11 is 0. The number of non-ortho nitro benzene ring substituents is 1. The SMILES string of the molecule is CN(c1cccc([N+](=O)[O-])c1)c1ncccc1C(N)=O. The number of carbonyl (C=O) groups excluding carboxylic acids is 1. The molecule has 0 bridgehead atoms. The number of amides is 1. The van der Waals surface area contributed by atoms with Crippen LogP contribution in [0, 0.1) is 10.1 Å². The van der Waals surface area contributed by atoms with Crippen molar-refractivity contribution < 1.29 is 9.72 Å². The van der Waals surface area contributed by atoms with Crippen LogP contribution in [0.5, 0.6) is 0 Å². The summed E-state index contributed by atoms with van der Waals surface area (Å²) in [5, 5.41) is 10.8. The predicted molar refractivity (Wildman–Crippen MR) is 73.9 cm³/mol. The van der Waals surface area contributed by atoms with E-state index in [0.717, 1.165) is 0 Å². The summed E-state index contributed by atoms with van der Waals surface area (Å²) in [5.41, 5.74) is 6.05. The molecule has 0 aliphatic rings. The van der Waals surface area contributed by atoms with E-state index in [2.05, 4.69) is 4.98 Å². The largest absolute Gasteiger partial charge is 0.365 e. The van der Waals surface area contributed by atoms with Crippen LogP contribution in [-0.4, -0.2) is 22.9 Å². The molecule has 0 saturated carbocycles. The molecule has 102 valence electrons. The number of hydrogen-bond donors (Lipinski definition) is 1. The van der Waals surface area contributed by atoms with Gasteiger partial charge in [-0.1, -0.05) is 6.07 Å². The van der Waals surface area contributed by atoms with Gasteiger partial charge in [-0.25, -0.2) is 4.98 Å². The molecule has 0 fully saturated rings. The van der Waals surface area contributed by atoms with Gasteiger partial charge in [-0.15, -0.1) is 0 Å². The molecule has 0 aliphatic heterocycles. The Hall–Kier alpha value is -2.96. The smallest absolute Gasteiger partial charge is 0.271 e. The molecule has 1 aromatic heterocycles. The van der Waals surface area contributed by atoms with Gasteiger partial charge in [0.1, 0.15) is 5.82 Å². The zero-order valence-corrected chi connectivity index (χ0v) is 10.7. The number of hydrogen-bond acceptors (Lipinski definition) is 5. The maximum absolute atomic E-state index is 11.4. The normalized spacial score (nSPS) is 10.1. The lowest BCUT2D eigenvalue weighted by Crippen LogP contribution is -2.19. The molecule has 1 aromatic carbocycles. The van der Waals surface area contributed by atoms with Gasteiger partial charge in [0.15, 0.2) is 0 Å². The molecule has 1 amide bonds. The second-order valence-electron chi connectivity index (χ2n) is 4.07. The molecule has 2 N–H and O–H groups in total. The van der Waals surface area contributed by atoms with Gasteiger partial charge in [0.25, 0.3) is 11.6 Å². The minimum Gasteiger partial charge on any atom is -0.365 e. The lowest BCUT2D eigenvalue weighted by molar-refractivity contribution is -0.384. The van der Waals surface area contributed by atoms with E-state index in [1.807, 2.05) is 0 Å². The molecule has 0 aliphatic carbocycles. The molecule has 0 radical (unpaired) electrons. The summed E-state index contributed by atoms with van der Waals surface area (Å²) in [6, 6.07) is 9.21. The molecular formula is C13H12N4O3. The third-order valence-corrected chi connectivity index (χ3v) is 2.80. The van der Waals surface area contributed by atoms with Crippen molar-refractivity contribution in [3.05, 3.63) is 58.3 Å². The zero-order chi connectivity index (χ0) is 14.7. The Morgan fingerprint density at radius 2 is 2.10 bits per heavy atom. The molecule has 0 atom stereocenters. The van der Waals surface area contributed by atoms with Crippen LogP contribution in [0.2, 0.25) is 0 Å². The van der Waals surface area contributed by atoms with Gasteiger partial charge in [0, 0.05) is 31.1 Å². The van der Waals surface area contributed by atoms with Crippen molar-refractivity contribution in [2.24, 2.45) is 5.73 Å². The standard InChI is InChI=1S/C13H12N4O3/c1-16(9-4-2-5-10(8-9)17(19)20)13-11(12(14)18)6-3-7-15-13/h2-8H,1H3,(H2,14,18). The highest BCUT2D eigenvalue weighted by atomic mass is 16.6. The van der Waals surface area contributed by atoms with Crippen molar-refractivity contribution in [1.29, 1.82) is 0 Å². The fourth-order valence-corrected chi connectivity index (χ4v) is 1.79. The van der Waals surface area contributed by atoms with E-state index in [4.69, 9.17) is 5.73 Å². The molecule has 20 heavy (non-hydrogen) atoms. The Kier molecular flexibility index (Phi) is 3.60. The second kappa shape index (κ2) is 5.35. The summed E-state index contributed by atoms with van der Waals surface area (Å²) < 4.78 is 0. The third kappa shape index (κ3) is 2.56. The van der Waals surface area contributed by atoms with Crippen LogP contribution in [-0.2, 0) is 0 Å². The van der Waals surface area contributed by atoms with E-state index in [0.29, 0.717) is 11.5 Å². The first kappa shape index (κ1) is 13.5. The number of nitro benzene ring substituents is 1.